The first-order chi connectivity index (χ1) is 7.20. The van der Waals surface area contributed by atoms with Gasteiger partial charge in [0.05, 0.1) is 0 Å². The molecule has 0 aromatic carbocycles. The highest BCUT2D eigenvalue weighted by Crippen LogP contribution is 2.03. The lowest BCUT2D eigenvalue weighted by Crippen LogP contribution is -2.35. The van der Waals surface area contributed by atoms with Gasteiger partial charge in [0.1, 0.15) is 0 Å². The van der Waals surface area contributed by atoms with Gasteiger partial charge in [-0.1, -0.05) is 0 Å². The molecule has 0 fully saturated rings. The smallest absolute Gasteiger partial charge is 0.312 e. The van der Waals surface area contributed by atoms with Crippen LogP contribution in [-0.2, 0) is 6.54 Å². The van der Waals surface area contributed by atoms with Gasteiger partial charge in [0.15, 0.2) is 0 Å². The summed E-state index contributed by atoms with van der Waals surface area (Å²) in [6.07, 6.45) is 3.61. The lowest BCUT2D eigenvalue weighted by atomic mass is 10.1. The Labute approximate surface area is 89.1 Å². The van der Waals surface area contributed by atoms with E-state index in [0.29, 0.717) is 13.1 Å². The molecule has 0 unspecified atom stereocenters. The Hall–Kier alpha value is -1.62. The van der Waals surface area contributed by atoms with E-state index < -0.39 is 6.03 Å². The number of aryl methyl sites for hydroxylation is 1. The number of urea groups is 1. The van der Waals surface area contributed by atoms with Gasteiger partial charge < -0.3 is 16.4 Å². The van der Waals surface area contributed by atoms with E-state index in [0.717, 1.165) is 12.1 Å². The van der Waals surface area contributed by atoms with E-state index in [1.54, 1.807) is 6.20 Å². The van der Waals surface area contributed by atoms with Gasteiger partial charge in [0.2, 0.25) is 0 Å². The highest BCUT2D eigenvalue weighted by atomic mass is 16.2. The third kappa shape index (κ3) is 4.42. The number of pyridine rings is 1. The molecular weight excluding hydrogens is 192 g/mol. The molecular formula is C10H16N4O. The molecule has 0 saturated carbocycles. The average Bonchev–Trinajstić information content (AvgIpc) is 2.20. The first kappa shape index (κ1) is 11.5. The molecule has 1 aromatic heterocycles. The van der Waals surface area contributed by atoms with Crippen LogP contribution < -0.4 is 16.4 Å². The van der Waals surface area contributed by atoms with Crippen molar-refractivity contribution in [2.24, 2.45) is 5.73 Å². The fourth-order valence-electron chi connectivity index (χ4n) is 1.18. The molecule has 0 saturated heterocycles. The number of hydrogen-bond donors (Lipinski definition) is 3. The standard InChI is InChI=1S/C10H16N4O/c1-8-2-3-12-6-9(8)7-13-4-5-14-10(11)15/h2-3,6,13H,4-5,7H2,1H3,(H3,11,14,15). The van der Waals surface area contributed by atoms with Crippen LogP contribution in [0.5, 0.6) is 0 Å². The molecule has 15 heavy (non-hydrogen) atoms. The average molecular weight is 208 g/mol. The molecule has 82 valence electrons. The van der Waals surface area contributed by atoms with Crippen molar-refractivity contribution in [2.75, 3.05) is 13.1 Å². The van der Waals surface area contributed by atoms with Gasteiger partial charge in [0, 0.05) is 32.0 Å². The maximum absolute atomic E-state index is 10.4. The first-order valence-electron chi connectivity index (χ1n) is 4.83. The number of carbonyl (C=O) groups excluding carboxylic acids is 1. The summed E-state index contributed by atoms with van der Waals surface area (Å²) in [5.74, 6) is 0. The second kappa shape index (κ2) is 5.98. The largest absolute Gasteiger partial charge is 0.352 e. The molecule has 0 atom stereocenters. The van der Waals surface area contributed by atoms with E-state index in [1.807, 2.05) is 19.2 Å². The zero-order valence-corrected chi connectivity index (χ0v) is 8.79. The van der Waals surface area contributed by atoms with Crippen LogP contribution in [0.4, 0.5) is 4.79 Å². The van der Waals surface area contributed by atoms with Gasteiger partial charge >= 0.3 is 6.03 Å². The maximum Gasteiger partial charge on any atom is 0.312 e. The summed E-state index contributed by atoms with van der Waals surface area (Å²) >= 11 is 0. The Balaban J connectivity index is 2.21. The van der Waals surface area contributed by atoms with Crippen LogP contribution in [0.1, 0.15) is 11.1 Å². The molecule has 0 aliphatic heterocycles. The van der Waals surface area contributed by atoms with Crippen LogP contribution in [0.15, 0.2) is 18.5 Å². The minimum Gasteiger partial charge on any atom is -0.352 e. The molecule has 5 heteroatoms. The Morgan fingerprint density at radius 1 is 1.53 bits per heavy atom. The number of primary amides is 1. The van der Waals surface area contributed by atoms with Gasteiger partial charge in [0.25, 0.3) is 0 Å². The van der Waals surface area contributed by atoms with E-state index >= 15 is 0 Å². The number of hydrogen-bond acceptors (Lipinski definition) is 3. The molecule has 0 bridgehead atoms. The van der Waals surface area contributed by atoms with Crippen LogP contribution in [0.2, 0.25) is 0 Å². The van der Waals surface area contributed by atoms with E-state index in [4.69, 9.17) is 5.73 Å². The number of nitrogens with two attached hydrogens (primary N) is 1. The van der Waals surface area contributed by atoms with Crippen molar-refractivity contribution >= 4 is 6.03 Å². The second-order valence-electron chi connectivity index (χ2n) is 3.27. The Morgan fingerprint density at radius 2 is 2.33 bits per heavy atom. The molecule has 0 radical (unpaired) electrons. The fourth-order valence-corrected chi connectivity index (χ4v) is 1.18. The van der Waals surface area contributed by atoms with Crippen molar-refractivity contribution in [2.45, 2.75) is 13.5 Å². The zero-order valence-electron chi connectivity index (χ0n) is 8.79. The van der Waals surface area contributed by atoms with E-state index in [9.17, 15) is 4.79 Å². The van der Waals surface area contributed by atoms with Crippen molar-refractivity contribution in [3.05, 3.63) is 29.6 Å². The topological polar surface area (TPSA) is 80.0 Å². The second-order valence-corrected chi connectivity index (χ2v) is 3.27. The van der Waals surface area contributed by atoms with Crippen LogP contribution in [0, 0.1) is 6.92 Å². The van der Waals surface area contributed by atoms with Gasteiger partial charge in [-0.2, -0.15) is 0 Å². The minimum absolute atomic E-state index is 0.491. The summed E-state index contributed by atoms with van der Waals surface area (Å²) in [5.41, 5.74) is 7.29. The Morgan fingerprint density at radius 3 is 3.00 bits per heavy atom. The summed E-state index contributed by atoms with van der Waals surface area (Å²) in [6.45, 7) is 4.02. The van der Waals surface area contributed by atoms with Crippen molar-refractivity contribution in [3.63, 3.8) is 0 Å². The number of rotatable bonds is 5. The van der Waals surface area contributed by atoms with Gasteiger partial charge in [-0.15, -0.1) is 0 Å². The van der Waals surface area contributed by atoms with Crippen molar-refractivity contribution in [1.82, 2.24) is 15.6 Å². The highest BCUT2D eigenvalue weighted by Gasteiger charge is 1.96. The van der Waals surface area contributed by atoms with Gasteiger partial charge in [-0.3, -0.25) is 4.98 Å². The fraction of sp³-hybridized carbons (Fsp3) is 0.400. The van der Waals surface area contributed by atoms with E-state index in [1.165, 1.54) is 5.56 Å². The lowest BCUT2D eigenvalue weighted by molar-refractivity contribution is 0.249. The van der Waals surface area contributed by atoms with Crippen LogP contribution in [0.25, 0.3) is 0 Å². The molecule has 5 nitrogen and oxygen atoms in total. The third-order valence-electron chi connectivity index (χ3n) is 2.06. The minimum atomic E-state index is -0.491. The Bertz CT molecular complexity index is 327. The molecule has 0 spiro atoms. The Kier molecular flexibility index (Phi) is 4.56. The predicted molar refractivity (Wildman–Crippen MR) is 58.3 cm³/mol. The zero-order chi connectivity index (χ0) is 11.1. The number of nitrogens with one attached hydrogen (secondary N) is 2. The third-order valence-corrected chi connectivity index (χ3v) is 2.06. The van der Waals surface area contributed by atoms with Crippen LogP contribution in [-0.4, -0.2) is 24.1 Å². The lowest BCUT2D eigenvalue weighted by Gasteiger charge is -2.06. The van der Waals surface area contributed by atoms with Crippen molar-refractivity contribution < 1.29 is 4.79 Å². The molecule has 0 aliphatic carbocycles. The van der Waals surface area contributed by atoms with Crippen molar-refractivity contribution in [3.8, 4) is 0 Å². The summed E-state index contributed by atoms with van der Waals surface area (Å²) in [5, 5.41) is 5.69. The van der Waals surface area contributed by atoms with Gasteiger partial charge in [-0.05, 0) is 24.1 Å². The van der Waals surface area contributed by atoms with E-state index in [-0.39, 0.29) is 0 Å². The van der Waals surface area contributed by atoms with Crippen LogP contribution >= 0.6 is 0 Å². The number of aromatic nitrogens is 1. The van der Waals surface area contributed by atoms with E-state index in [2.05, 4.69) is 15.6 Å². The van der Waals surface area contributed by atoms with Gasteiger partial charge in [-0.25, -0.2) is 4.79 Å². The maximum atomic E-state index is 10.4. The quantitative estimate of drug-likeness (QED) is 0.602. The molecule has 1 aromatic rings. The molecule has 2 amide bonds. The number of nitrogens with zero attached hydrogens (tertiary/aromatic N) is 1. The molecule has 1 rings (SSSR count). The normalized spacial score (nSPS) is 9.93. The summed E-state index contributed by atoms with van der Waals surface area (Å²) in [7, 11) is 0. The summed E-state index contributed by atoms with van der Waals surface area (Å²) in [4.78, 5) is 14.4. The summed E-state index contributed by atoms with van der Waals surface area (Å²) in [6, 6.07) is 1.48. The monoisotopic (exact) mass is 208 g/mol. The molecule has 1 heterocycles. The van der Waals surface area contributed by atoms with Crippen LogP contribution in [0.3, 0.4) is 0 Å². The van der Waals surface area contributed by atoms with Crippen molar-refractivity contribution in [1.29, 1.82) is 0 Å². The summed E-state index contributed by atoms with van der Waals surface area (Å²) < 4.78 is 0. The number of carbonyl (C=O) groups is 1. The molecule has 0 aliphatic rings. The molecule has 4 N–H and O–H groups in total. The SMILES string of the molecule is Cc1ccncc1CNCCNC(N)=O. The first-order valence-corrected chi connectivity index (χ1v) is 4.83. The predicted octanol–water partition coefficient (Wildman–Crippen LogP) is 0.148. The highest BCUT2D eigenvalue weighted by molar-refractivity contribution is 5.71. The number of amides is 2.